The number of nitrogens with one attached hydrogen (secondary N) is 1. The maximum atomic E-state index is 9.32. The van der Waals surface area contributed by atoms with Gasteiger partial charge in [-0.15, -0.1) is 0 Å². The first-order chi connectivity index (χ1) is 6.65. The fourth-order valence-corrected chi connectivity index (χ4v) is 1.45. The minimum Gasteiger partial charge on any atom is -0.504 e. The molecule has 14 heavy (non-hydrogen) atoms. The summed E-state index contributed by atoms with van der Waals surface area (Å²) in [5.74, 6) is -0.0741. The maximum absolute atomic E-state index is 9.32. The first-order valence-electron chi connectivity index (χ1n) is 4.81. The van der Waals surface area contributed by atoms with Crippen molar-refractivity contribution in [1.29, 1.82) is 0 Å². The number of benzene rings is 1. The van der Waals surface area contributed by atoms with Gasteiger partial charge >= 0.3 is 0 Å². The summed E-state index contributed by atoms with van der Waals surface area (Å²) in [7, 11) is 1.92. The van der Waals surface area contributed by atoms with E-state index in [-0.39, 0.29) is 11.5 Å². The van der Waals surface area contributed by atoms with Gasteiger partial charge in [0.25, 0.3) is 0 Å². The van der Waals surface area contributed by atoms with Crippen molar-refractivity contribution in [3.8, 4) is 11.5 Å². The van der Waals surface area contributed by atoms with E-state index >= 15 is 0 Å². The van der Waals surface area contributed by atoms with Crippen LogP contribution in [0.25, 0.3) is 0 Å². The van der Waals surface area contributed by atoms with E-state index in [2.05, 4.69) is 5.32 Å². The van der Waals surface area contributed by atoms with Gasteiger partial charge in [0.1, 0.15) is 0 Å². The molecule has 0 saturated heterocycles. The molecule has 0 fully saturated rings. The molecule has 0 bridgehead atoms. The normalized spacial score (nSPS) is 10.4. The van der Waals surface area contributed by atoms with Crippen molar-refractivity contribution in [3.63, 3.8) is 0 Å². The Labute approximate surface area is 84.4 Å². The van der Waals surface area contributed by atoms with Gasteiger partial charge in [0.2, 0.25) is 0 Å². The summed E-state index contributed by atoms with van der Waals surface area (Å²) in [5.41, 5.74) is 2.12. The summed E-state index contributed by atoms with van der Waals surface area (Å²) in [6, 6.07) is 3.24. The molecule has 1 aromatic carbocycles. The molecule has 0 heterocycles. The highest BCUT2D eigenvalue weighted by Crippen LogP contribution is 2.28. The fraction of sp³-hybridized carbons (Fsp3) is 0.455. The van der Waals surface area contributed by atoms with Crippen LogP contribution in [0, 0.1) is 6.92 Å². The Kier molecular flexibility index (Phi) is 3.77. The zero-order valence-electron chi connectivity index (χ0n) is 8.67. The Morgan fingerprint density at radius 2 is 1.86 bits per heavy atom. The Hall–Kier alpha value is -1.22. The molecular weight excluding hydrogens is 178 g/mol. The molecule has 1 rings (SSSR count). The Balaban J connectivity index is 2.72. The first kappa shape index (κ1) is 10.9. The second-order valence-corrected chi connectivity index (χ2v) is 3.47. The van der Waals surface area contributed by atoms with Crippen molar-refractivity contribution in [1.82, 2.24) is 5.32 Å². The molecule has 3 N–H and O–H groups in total. The number of phenolic OH excluding ortho intramolecular Hbond substituents is 2. The largest absolute Gasteiger partial charge is 0.504 e. The predicted molar refractivity (Wildman–Crippen MR) is 56.8 cm³/mol. The Bertz CT molecular complexity index is 310. The summed E-state index contributed by atoms with van der Waals surface area (Å²) in [4.78, 5) is 0. The molecule has 78 valence electrons. The predicted octanol–water partition coefficient (Wildman–Crippen LogP) is 1.56. The molecule has 0 spiro atoms. The van der Waals surface area contributed by atoms with Crippen molar-refractivity contribution in [2.24, 2.45) is 0 Å². The highest BCUT2D eigenvalue weighted by atomic mass is 16.3. The van der Waals surface area contributed by atoms with Crippen LogP contribution in [0.4, 0.5) is 0 Å². The van der Waals surface area contributed by atoms with Crippen LogP contribution in [0.1, 0.15) is 17.5 Å². The molecule has 0 saturated carbocycles. The summed E-state index contributed by atoms with van der Waals surface area (Å²) >= 11 is 0. The number of rotatable bonds is 4. The summed E-state index contributed by atoms with van der Waals surface area (Å²) in [6.45, 7) is 2.90. The third-order valence-electron chi connectivity index (χ3n) is 2.31. The van der Waals surface area contributed by atoms with E-state index in [1.807, 2.05) is 14.0 Å². The van der Waals surface area contributed by atoms with Crippen molar-refractivity contribution >= 4 is 0 Å². The lowest BCUT2D eigenvalue weighted by molar-refractivity contribution is 0.402. The van der Waals surface area contributed by atoms with Crippen LogP contribution in [0.15, 0.2) is 12.1 Å². The van der Waals surface area contributed by atoms with Crippen molar-refractivity contribution in [2.75, 3.05) is 13.6 Å². The van der Waals surface area contributed by atoms with Gasteiger partial charge in [0.15, 0.2) is 11.5 Å². The smallest absolute Gasteiger partial charge is 0.157 e. The van der Waals surface area contributed by atoms with Crippen LogP contribution in [0.3, 0.4) is 0 Å². The van der Waals surface area contributed by atoms with Crippen LogP contribution in [0.2, 0.25) is 0 Å². The van der Waals surface area contributed by atoms with Crippen LogP contribution in [0.5, 0.6) is 11.5 Å². The molecule has 0 amide bonds. The van der Waals surface area contributed by atoms with Gasteiger partial charge in [-0.05, 0) is 56.6 Å². The molecule has 0 radical (unpaired) electrons. The molecule has 0 unspecified atom stereocenters. The molecule has 3 nitrogen and oxygen atoms in total. The van der Waals surface area contributed by atoms with E-state index in [1.165, 1.54) is 0 Å². The van der Waals surface area contributed by atoms with Gasteiger partial charge in [-0.25, -0.2) is 0 Å². The number of hydrogen-bond donors (Lipinski definition) is 3. The molecule has 1 aromatic rings. The lowest BCUT2D eigenvalue weighted by atomic mass is 10.0. The number of aryl methyl sites for hydroxylation is 2. The third-order valence-corrected chi connectivity index (χ3v) is 2.31. The average molecular weight is 195 g/mol. The molecule has 0 aliphatic carbocycles. The van der Waals surface area contributed by atoms with Crippen molar-refractivity contribution in [3.05, 3.63) is 23.3 Å². The number of hydrogen-bond acceptors (Lipinski definition) is 3. The van der Waals surface area contributed by atoms with E-state index in [0.717, 1.165) is 30.5 Å². The molecule has 0 atom stereocenters. The quantitative estimate of drug-likeness (QED) is 0.505. The lowest BCUT2D eigenvalue weighted by Crippen LogP contribution is -2.08. The summed E-state index contributed by atoms with van der Waals surface area (Å²) < 4.78 is 0. The molecule has 0 aliphatic rings. The van der Waals surface area contributed by atoms with Gasteiger partial charge in [-0.2, -0.15) is 0 Å². The van der Waals surface area contributed by atoms with Crippen LogP contribution in [-0.4, -0.2) is 23.8 Å². The monoisotopic (exact) mass is 195 g/mol. The number of aromatic hydroxyl groups is 2. The van der Waals surface area contributed by atoms with Gasteiger partial charge in [0, 0.05) is 0 Å². The SMILES string of the molecule is CNCCCc1cc(O)c(O)cc1C. The fourth-order valence-electron chi connectivity index (χ4n) is 1.45. The maximum Gasteiger partial charge on any atom is 0.157 e. The second-order valence-electron chi connectivity index (χ2n) is 3.47. The molecular formula is C11H17NO2. The van der Waals surface area contributed by atoms with E-state index < -0.39 is 0 Å². The number of phenols is 2. The lowest BCUT2D eigenvalue weighted by Gasteiger charge is -2.07. The van der Waals surface area contributed by atoms with Crippen molar-refractivity contribution in [2.45, 2.75) is 19.8 Å². The highest BCUT2D eigenvalue weighted by molar-refractivity contribution is 5.45. The molecule has 3 heteroatoms. The minimum absolute atomic E-state index is 0.0324. The van der Waals surface area contributed by atoms with E-state index in [0.29, 0.717) is 0 Å². The van der Waals surface area contributed by atoms with Crippen molar-refractivity contribution < 1.29 is 10.2 Å². The molecule has 0 aliphatic heterocycles. The van der Waals surface area contributed by atoms with E-state index in [9.17, 15) is 10.2 Å². The Morgan fingerprint density at radius 3 is 2.50 bits per heavy atom. The molecule has 0 aromatic heterocycles. The van der Waals surface area contributed by atoms with Crippen LogP contribution >= 0.6 is 0 Å². The van der Waals surface area contributed by atoms with E-state index in [1.54, 1.807) is 12.1 Å². The zero-order valence-corrected chi connectivity index (χ0v) is 8.67. The van der Waals surface area contributed by atoms with E-state index in [4.69, 9.17) is 0 Å². The van der Waals surface area contributed by atoms with Gasteiger partial charge in [-0.3, -0.25) is 0 Å². The third kappa shape index (κ3) is 2.64. The topological polar surface area (TPSA) is 52.5 Å². The highest BCUT2D eigenvalue weighted by Gasteiger charge is 2.04. The average Bonchev–Trinajstić information content (AvgIpc) is 2.14. The Morgan fingerprint density at radius 1 is 1.21 bits per heavy atom. The summed E-state index contributed by atoms with van der Waals surface area (Å²) in [5, 5.41) is 21.6. The van der Waals surface area contributed by atoms with Gasteiger partial charge in [0.05, 0.1) is 0 Å². The van der Waals surface area contributed by atoms with Gasteiger partial charge < -0.3 is 15.5 Å². The first-order valence-corrected chi connectivity index (χ1v) is 4.81. The standard InChI is InChI=1S/C11H17NO2/c1-8-6-10(13)11(14)7-9(8)4-3-5-12-2/h6-7,12-14H,3-5H2,1-2H3. The van der Waals surface area contributed by atoms with Crippen LogP contribution < -0.4 is 5.32 Å². The van der Waals surface area contributed by atoms with Gasteiger partial charge in [-0.1, -0.05) is 0 Å². The second kappa shape index (κ2) is 4.86. The van der Waals surface area contributed by atoms with Crippen LogP contribution in [-0.2, 0) is 6.42 Å². The summed E-state index contributed by atoms with van der Waals surface area (Å²) in [6.07, 6.45) is 1.95. The minimum atomic E-state index is -0.0418. The zero-order chi connectivity index (χ0) is 10.6.